The summed E-state index contributed by atoms with van der Waals surface area (Å²) in [5.74, 6) is 1.77. The van der Waals surface area contributed by atoms with Gasteiger partial charge in [-0.1, -0.05) is 12.1 Å². The summed E-state index contributed by atoms with van der Waals surface area (Å²) in [5, 5.41) is 3.44. The molecule has 154 valence electrons. The molecule has 27 heavy (non-hydrogen) atoms. The fourth-order valence-electron chi connectivity index (χ4n) is 3.37. The molecule has 0 aromatic heterocycles. The first-order chi connectivity index (χ1) is 12.5. The van der Waals surface area contributed by atoms with E-state index in [9.17, 15) is 0 Å². The molecule has 0 bridgehead atoms. The minimum atomic E-state index is 0. The predicted octanol–water partition coefficient (Wildman–Crippen LogP) is 3.89. The maximum Gasteiger partial charge on any atom is 0.193 e. The summed E-state index contributed by atoms with van der Waals surface area (Å²) in [4.78, 5) is 9.33. The first-order valence-electron chi connectivity index (χ1n) is 9.85. The number of aliphatic imine (C=N–C) groups is 1. The van der Waals surface area contributed by atoms with Gasteiger partial charge >= 0.3 is 0 Å². The van der Waals surface area contributed by atoms with Crippen molar-refractivity contribution in [1.29, 1.82) is 0 Å². The lowest BCUT2D eigenvalue weighted by Gasteiger charge is -2.27. The second-order valence-corrected chi connectivity index (χ2v) is 7.46. The van der Waals surface area contributed by atoms with Crippen molar-refractivity contribution in [1.82, 2.24) is 10.2 Å². The number of hydrogen-bond donors (Lipinski definition) is 1. The van der Waals surface area contributed by atoms with E-state index >= 15 is 0 Å². The van der Waals surface area contributed by atoms with E-state index < -0.39 is 0 Å². The summed E-state index contributed by atoms with van der Waals surface area (Å²) in [5.41, 5.74) is 3.78. The van der Waals surface area contributed by atoms with Crippen molar-refractivity contribution in [3.05, 3.63) is 29.3 Å². The molecular formula is C21H37IN4O. The smallest absolute Gasteiger partial charge is 0.193 e. The lowest BCUT2D eigenvalue weighted by atomic mass is 9.96. The third-order valence-electron chi connectivity index (χ3n) is 5.03. The highest BCUT2D eigenvalue weighted by Crippen LogP contribution is 2.21. The molecule has 6 heteroatoms. The molecule has 1 aliphatic heterocycles. The monoisotopic (exact) mass is 488 g/mol. The number of guanidine groups is 1. The Balaban J connectivity index is 0.00000364. The van der Waals surface area contributed by atoms with Crippen LogP contribution in [0.3, 0.4) is 0 Å². The standard InChI is InChI=1S/C21H36N4O.HI/c1-6-22-21(25(5)12-9-18-10-13-26-14-11-18)23-16-19-8-7-17(2)15-20(19)24(3)4;/h7-8,15,18H,6,9-14,16H2,1-5H3,(H,22,23);1H. The molecule has 0 radical (unpaired) electrons. The Morgan fingerprint density at radius 1 is 1.22 bits per heavy atom. The van der Waals surface area contributed by atoms with Gasteiger partial charge in [-0.25, -0.2) is 4.99 Å². The minimum Gasteiger partial charge on any atom is -0.381 e. The molecule has 1 fully saturated rings. The van der Waals surface area contributed by atoms with E-state index in [1.54, 1.807) is 0 Å². The molecule has 0 amide bonds. The van der Waals surface area contributed by atoms with Gasteiger partial charge in [-0.3, -0.25) is 0 Å². The van der Waals surface area contributed by atoms with Gasteiger partial charge in [-0.15, -0.1) is 24.0 Å². The van der Waals surface area contributed by atoms with E-state index in [1.807, 2.05) is 0 Å². The molecule has 1 N–H and O–H groups in total. The average molecular weight is 488 g/mol. The average Bonchev–Trinajstić information content (AvgIpc) is 2.64. The highest BCUT2D eigenvalue weighted by molar-refractivity contribution is 14.0. The van der Waals surface area contributed by atoms with E-state index in [0.29, 0.717) is 6.54 Å². The lowest BCUT2D eigenvalue weighted by molar-refractivity contribution is 0.0625. The van der Waals surface area contributed by atoms with Crippen molar-refractivity contribution in [3.63, 3.8) is 0 Å². The van der Waals surface area contributed by atoms with Crippen LogP contribution in [0.2, 0.25) is 0 Å². The van der Waals surface area contributed by atoms with Crippen molar-refractivity contribution < 1.29 is 4.74 Å². The van der Waals surface area contributed by atoms with Gasteiger partial charge in [-0.2, -0.15) is 0 Å². The van der Waals surface area contributed by atoms with Gasteiger partial charge in [0.05, 0.1) is 6.54 Å². The molecule has 1 heterocycles. The Morgan fingerprint density at radius 2 is 1.93 bits per heavy atom. The Morgan fingerprint density at radius 3 is 2.56 bits per heavy atom. The van der Waals surface area contributed by atoms with Crippen LogP contribution in [0.4, 0.5) is 5.69 Å². The number of rotatable bonds is 7. The van der Waals surface area contributed by atoms with Crippen LogP contribution in [0.15, 0.2) is 23.2 Å². The van der Waals surface area contributed by atoms with Crippen LogP contribution in [-0.2, 0) is 11.3 Å². The molecule has 0 saturated carbocycles. The first-order valence-corrected chi connectivity index (χ1v) is 9.85. The third-order valence-corrected chi connectivity index (χ3v) is 5.03. The van der Waals surface area contributed by atoms with Gasteiger partial charge in [0.2, 0.25) is 0 Å². The third kappa shape index (κ3) is 7.86. The zero-order valence-electron chi connectivity index (χ0n) is 17.6. The quantitative estimate of drug-likeness (QED) is 0.359. The first kappa shape index (κ1) is 24.0. The van der Waals surface area contributed by atoms with Gasteiger partial charge < -0.3 is 19.9 Å². The molecule has 0 atom stereocenters. The molecule has 0 unspecified atom stereocenters. The maximum absolute atomic E-state index is 5.47. The fraction of sp³-hybridized carbons (Fsp3) is 0.667. The van der Waals surface area contributed by atoms with Crippen LogP contribution >= 0.6 is 24.0 Å². The molecule has 1 saturated heterocycles. The number of hydrogen-bond acceptors (Lipinski definition) is 3. The highest BCUT2D eigenvalue weighted by atomic mass is 127. The van der Waals surface area contributed by atoms with Crippen LogP contribution in [-0.4, -0.2) is 58.3 Å². The molecule has 0 aliphatic carbocycles. The molecule has 1 aromatic rings. The van der Waals surface area contributed by atoms with E-state index in [2.05, 4.69) is 68.3 Å². The van der Waals surface area contributed by atoms with Crippen molar-refractivity contribution in [2.75, 3.05) is 52.3 Å². The Kier molecular flexibility index (Phi) is 11.1. The number of benzene rings is 1. The van der Waals surface area contributed by atoms with Gasteiger partial charge in [-0.05, 0) is 56.2 Å². The van der Waals surface area contributed by atoms with Crippen molar-refractivity contribution in [3.8, 4) is 0 Å². The SMILES string of the molecule is CCNC(=NCc1ccc(C)cc1N(C)C)N(C)CCC1CCOCC1.I. The number of nitrogens with one attached hydrogen (secondary N) is 1. The second-order valence-electron chi connectivity index (χ2n) is 7.46. The van der Waals surface area contributed by atoms with E-state index in [-0.39, 0.29) is 24.0 Å². The zero-order valence-corrected chi connectivity index (χ0v) is 20.0. The van der Waals surface area contributed by atoms with Crippen molar-refractivity contribution in [2.45, 2.75) is 39.7 Å². The summed E-state index contributed by atoms with van der Waals surface area (Å²) < 4.78 is 5.47. The van der Waals surface area contributed by atoms with Crippen LogP contribution in [0.25, 0.3) is 0 Å². The fourth-order valence-corrected chi connectivity index (χ4v) is 3.37. The summed E-state index contributed by atoms with van der Waals surface area (Å²) in [6.07, 6.45) is 3.59. The molecule has 1 aromatic carbocycles. The lowest BCUT2D eigenvalue weighted by Crippen LogP contribution is -2.40. The number of anilines is 1. The highest BCUT2D eigenvalue weighted by Gasteiger charge is 2.15. The van der Waals surface area contributed by atoms with Crippen LogP contribution < -0.4 is 10.2 Å². The minimum absolute atomic E-state index is 0. The Bertz CT molecular complexity index is 586. The molecule has 0 spiro atoms. The summed E-state index contributed by atoms with van der Waals surface area (Å²) >= 11 is 0. The summed E-state index contributed by atoms with van der Waals surface area (Å²) in [6, 6.07) is 6.59. The molecule has 5 nitrogen and oxygen atoms in total. The van der Waals surface area contributed by atoms with E-state index in [4.69, 9.17) is 9.73 Å². The topological polar surface area (TPSA) is 40.1 Å². The van der Waals surface area contributed by atoms with Crippen molar-refractivity contribution >= 4 is 35.6 Å². The number of aryl methyl sites for hydroxylation is 1. The maximum atomic E-state index is 5.47. The Labute approximate surface area is 182 Å². The Hall–Kier alpha value is -1.02. The van der Waals surface area contributed by atoms with Gasteiger partial charge in [0.25, 0.3) is 0 Å². The molecule has 1 aliphatic rings. The van der Waals surface area contributed by atoms with Crippen LogP contribution in [0, 0.1) is 12.8 Å². The summed E-state index contributed by atoms with van der Waals surface area (Å²) in [7, 11) is 6.32. The largest absolute Gasteiger partial charge is 0.381 e. The number of ether oxygens (including phenoxy) is 1. The van der Waals surface area contributed by atoms with Crippen LogP contribution in [0.1, 0.15) is 37.3 Å². The zero-order chi connectivity index (χ0) is 18.9. The normalized spacial score (nSPS) is 15.2. The number of halogens is 1. The van der Waals surface area contributed by atoms with Crippen LogP contribution in [0.5, 0.6) is 0 Å². The summed E-state index contributed by atoms with van der Waals surface area (Å²) in [6.45, 7) is 8.71. The molecular weight excluding hydrogens is 451 g/mol. The van der Waals surface area contributed by atoms with Gasteiger partial charge in [0, 0.05) is 53.1 Å². The predicted molar refractivity (Wildman–Crippen MR) is 127 cm³/mol. The number of nitrogens with zero attached hydrogens (tertiary/aromatic N) is 3. The van der Waals surface area contributed by atoms with Gasteiger partial charge in [0.15, 0.2) is 5.96 Å². The van der Waals surface area contributed by atoms with Crippen molar-refractivity contribution in [2.24, 2.45) is 10.9 Å². The second kappa shape index (κ2) is 12.4. The van der Waals surface area contributed by atoms with E-state index in [0.717, 1.165) is 38.2 Å². The molecule has 2 rings (SSSR count). The van der Waals surface area contributed by atoms with E-state index in [1.165, 1.54) is 36.1 Å². The van der Waals surface area contributed by atoms with Gasteiger partial charge in [0.1, 0.15) is 0 Å².